The molecule has 0 spiro atoms. The zero-order valence-electron chi connectivity index (χ0n) is 11.0. The van der Waals surface area contributed by atoms with Crippen LogP contribution in [0.15, 0.2) is 30.5 Å². The molecule has 0 unspecified atom stereocenters. The van der Waals surface area contributed by atoms with Gasteiger partial charge in [0.2, 0.25) is 0 Å². The lowest BCUT2D eigenvalue weighted by atomic mass is 10.2. The van der Waals surface area contributed by atoms with Crippen molar-refractivity contribution in [2.45, 2.75) is 20.4 Å². The summed E-state index contributed by atoms with van der Waals surface area (Å²) in [5.41, 5.74) is 0.916. The maximum absolute atomic E-state index is 13.6. The molecule has 0 saturated heterocycles. The van der Waals surface area contributed by atoms with Gasteiger partial charge in [-0.1, -0.05) is 19.9 Å². The molecule has 2 rings (SSSR count). The van der Waals surface area contributed by atoms with Crippen LogP contribution in [0.5, 0.6) is 0 Å². The highest BCUT2D eigenvalue weighted by Crippen LogP contribution is 2.15. The molecule has 2 aromatic rings. The predicted molar refractivity (Wildman–Crippen MR) is 70.0 cm³/mol. The third-order valence-corrected chi connectivity index (χ3v) is 2.68. The van der Waals surface area contributed by atoms with Gasteiger partial charge in [0.25, 0.3) is 0 Å². The molecule has 102 valence electrons. The van der Waals surface area contributed by atoms with Crippen LogP contribution in [0, 0.1) is 17.6 Å². The van der Waals surface area contributed by atoms with E-state index in [-0.39, 0.29) is 5.69 Å². The Kier molecular flexibility index (Phi) is 4.27. The predicted octanol–water partition coefficient (Wildman–Crippen LogP) is 2.90. The van der Waals surface area contributed by atoms with Gasteiger partial charge in [0.05, 0.1) is 5.69 Å². The van der Waals surface area contributed by atoms with Crippen LogP contribution >= 0.6 is 0 Å². The van der Waals surface area contributed by atoms with Gasteiger partial charge in [0, 0.05) is 12.7 Å². The van der Waals surface area contributed by atoms with Crippen LogP contribution in [-0.4, -0.2) is 16.3 Å². The van der Waals surface area contributed by atoms with Gasteiger partial charge in [-0.15, -0.1) is 0 Å². The summed E-state index contributed by atoms with van der Waals surface area (Å²) in [6.07, 6.45) is 1.63. The number of nitrogens with zero attached hydrogens (tertiary/aromatic N) is 2. The first-order chi connectivity index (χ1) is 9.08. The molecule has 1 aromatic carbocycles. The number of rotatable bonds is 5. The highest BCUT2D eigenvalue weighted by molar-refractivity contribution is 5.33. The van der Waals surface area contributed by atoms with E-state index >= 15 is 0 Å². The van der Waals surface area contributed by atoms with E-state index in [1.165, 1.54) is 16.8 Å². The molecule has 1 aromatic heterocycles. The van der Waals surface area contributed by atoms with Crippen molar-refractivity contribution >= 4 is 0 Å². The van der Waals surface area contributed by atoms with Crippen LogP contribution in [0.3, 0.4) is 0 Å². The summed E-state index contributed by atoms with van der Waals surface area (Å²) in [4.78, 5) is 0. The van der Waals surface area contributed by atoms with Crippen molar-refractivity contribution < 1.29 is 8.78 Å². The quantitative estimate of drug-likeness (QED) is 0.901. The van der Waals surface area contributed by atoms with Crippen LogP contribution < -0.4 is 5.32 Å². The third-order valence-electron chi connectivity index (χ3n) is 2.68. The minimum Gasteiger partial charge on any atom is -0.311 e. The topological polar surface area (TPSA) is 29.9 Å². The van der Waals surface area contributed by atoms with Crippen molar-refractivity contribution in [3.05, 3.63) is 47.8 Å². The fraction of sp³-hybridized carbons (Fsp3) is 0.357. The van der Waals surface area contributed by atoms with Gasteiger partial charge in [-0.3, -0.25) is 0 Å². The van der Waals surface area contributed by atoms with E-state index in [0.29, 0.717) is 12.5 Å². The number of nitrogens with one attached hydrogen (secondary N) is 1. The number of benzene rings is 1. The minimum absolute atomic E-state index is 0.120. The highest BCUT2D eigenvalue weighted by atomic mass is 19.2. The van der Waals surface area contributed by atoms with Crippen LogP contribution in [0.25, 0.3) is 5.69 Å². The van der Waals surface area contributed by atoms with Crippen molar-refractivity contribution in [3.8, 4) is 5.69 Å². The average Bonchev–Trinajstić information content (AvgIpc) is 2.81. The van der Waals surface area contributed by atoms with Crippen LogP contribution in [0.1, 0.15) is 19.5 Å². The van der Waals surface area contributed by atoms with E-state index in [0.717, 1.165) is 18.3 Å². The SMILES string of the molecule is CC(C)CNCc1ccn(-c2cccc(F)c2F)n1. The Hall–Kier alpha value is -1.75. The smallest absolute Gasteiger partial charge is 0.184 e. The molecule has 0 bridgehead atoms. The summed E-state index contributed by atoms with van der Waals surface area (Å²) in [6.45, 7) is 5.74. The normalized spacial score (nSPS) is 11.2. The van der Waals surface area contributed by atoms with Gasteiger partial charge in [-0.05, 0) is 30.7 Å². The Balaban J connectivity index is 2.10. The molecule has 3 nitrogen and oxygen atoms in total. The molecular formula is C14H17F2N3. The molecule has 0 fully saturated rings. The lowest BCUT2D eigenvalue weighted by Gasteiger charge is -2.05. The van der Waals surface area contributed by atoms with Crippen molar-refractivity contribution in [2.24, 2.45) is 5.92 Å². The van der Waals surface area contributed by atoms with Crippen molar-refractivity contribution in [3.63, 3.8) is 0 Å². The zero-order chi connectivity index (χ0) is 13.8. The van der Waals surface area contributed by atoms with Crippen LogP contribution in [0.2, 0.25) is 0 Å². The van der Waals surface area contributed by atoms with Gasteiger partial charge >= 0.3 is 0 Å². The summed E-state index contributed by atoms with van der Waals surface area (Å²) in [5, 5.41) is 7.48. The zero-order valence-corrected chi connectivity index (χ0v) is 11.0. The molecule has 0 aliphatic carbocycles. The van der Waals surface area contributed by atoms with E-state index in [9.17, 15) is 8.78 Å². The Bertz CT molecular complexity index is 549. The van der Waals surface area contributed by atoms with E-state index < -0.39 is 11.6 Å². The number of hydrogen-bond donors (Lipinski definition) is 1. The van der Waals surface area contributed by atoms with Gasteiger partial charge in [-0.2, -0.15) is 5.10 Å². The van der Waals surface area contributed by atoms with Gasteiger partial charge in [0.15, 0.2) is 11.6 Å². The van der Waals surface area contributed by atoms with E-state index in [2.05, 4.69) is 24.3 Å². The molecule has 0 saturated carbocycles. The van der Waals surface area contributed by atoms with Crippen LogP contribution in [-0.2, 0) is 6.54 Å². The third kappa shape index (κ3) is 3.38. The first-order valence-corrected chi connectivity index (χ1v) is 6.27. The molecule has 1 heterocycles. The second-order valence-corrected chi connectivity index (χ2v) is 4.85. The number of hydrogen-bond acceptors (Lipinski definition) is 2. The Morgan fingerprint density at radius 2 is 2.05 bits per heavy atom. The monoisotopic (exact) mass is 265 g/mol. The fourth-order valence-corrected chi connectivity index (χ4v) is 1.75. The van der Waals surface area contributed by atoms with Crippen molar-refractivity contribution in [2.75, 3.05) is 6.54 Å². The molecule has 0 aliphatic heterocycles. The van der Waals surface area contributed by atoms with Crippen LogP contribution in [0.4, 0.5) is 8.78 Å². The molecule has 0 amide bonds. The molecule has 0 aliphatic rings. The maximum atomic E-state index is 13.6. The highest BCUT2D eigenvalue weighted by Gasteiger charge is 2.10. The fourth-order valence-electron chi connectivity index (χ4n) is 1.75. The molecule has 5 heteroatoms. The number of halogens is 2. The molecule has 19 heavy (non-hydrogen) atoms. The standard InChI is InChI=1S/C14H17F2N3/c1-10(2)8-17-9-11-6-7-19(18-11)13-5-3-4-12(15)14(13)16/h3-7,10,17H,8-9H2,1-2H3. The van der Waals surface area contributed by atoms with Crippen molar-refractivity contribution in [1.29, 1.82) is 0 Å². The lowest BCUT2D eigenvalue weighted by Crippen LogP contribution is -2.19. The minimum atomic E-state index is -0.882. The maximum Gasteiger partial charge on any atom is 0.184 e. The van der Waals surface area contributed by atoms with Gasteiger partial charge < -0.3 is 5.32 Å². The Morgan fingerprint density at radius 1 is 1.26 bits per heavy atom. The molecule has 0 atom stereocenters. The lowest BCUT2D eigenvalue weighted by molar-refractivity contribution is 0.500. The summed E-state index contributed by atoms with van der Waals surface area (Å²) >= 11 is 0. The molecule has 0 radical (unpaired) electrons. The van der Waals surface area contributed by atoms with Gasteiger partial charge in [0.1, 0.15) is 5.69 Å². The molecule has 1 N–H and O–H groups in total. The molecular weight excluding hydrogens is 248 g/mol. The first kappa shape index (κ1) is 13.7. The first-order valence-electron chi connectivity index (χ1n) is 6.27. The number of aromatic nitrogens is 2. The van der Waals surface area contributed by atoms with E-state index in [4.69, 9.17) is 0 Å². The van der Waals surface area contributed by atoms with E-state index in [1.807, 2.05) is 0 Å². The second kappa shape index (κ2) is 5.93. The summed E-state index contributed by atoms with van der Waals surface area (Å²) in [7, 11) is 0. The summed E-state index contributed by atoms with van der Waals surface area (Å²) in [5.74, 6) is -1.19. The largest absolute Gasteiger partial charge is 0.311 e. The second-order valence-electron chi connectivity index (χ2n) is 4.85. The van der Waals surface area contributed by atoms with E-state index in [1.54, 1.807) is 12.3 Å². The summed E-state index contributed by atoms with van der Waals surface area (Å²) in [6, 6.07) is 5.84. The average molecular weight is 265 g/mol. The van der Waals surface area contributed by atoms with Crippen molar-refractivity contribution in [1.82, 2.24) is 15.1 Å². The Morgan fingerprint density at radius 3 is 2.79 bits per heavy atom. The Labute approximate surface area is 111 Å². The summed E-state index contributed by atoms with van der Waals surface area (Å²) < 4.78 is 28.1. The van der Waals surface area contributed by atoms with Gasteiger partial charge in [-0.25, -0.2) is 13.5 Å².